The smallest absolute Gasteiger partial charge is 0.347 e. The fraction of sp³-hybridized carbons (Fsp3) is 0.211. The van der Waals surface area contributed by atoms with Gasteiger partial charge in [0, 0.05) is 18.2 Å². The highest BCUT2D eigenvalue weighted by Gasteiger charge is 2.11. The molecule has 0 fully saturated rings. The van der Waals surface area contributed by atoms with Gasteiger partial charge in [0.2, 0.25) is 6.79 Å². The Hall–Kier alpha value is -3.19. The fourth-order valence-corrected chi connectivity index (χ4v) is 1.99. The maximum absolute atomic E-state index is 12.4. The molecule has 2 rings (SSSR count). The zero-order chi connectivity index (χ0) is 18.8. The number of benzene rings is 2. The molecule has 2 aromatic rings. The number of methoxy groups -OCH3 is 1. The van der Waals surface area contributed by atoms with E-state index in [0.717, 1.165) is 0 Å². The largest absolute Gasteiger partial charge is 0.482 e. The first-order chi connectivity index (χ1) is 12.6. The van der Waals surface area contributed by atoms with Crippen molar-refractivity contribution in [3.8, 4) is 5.75 Å². The van der Waals surface area contributed by atoms with E-state index < -0.39 is 18.7 Å². The lowest BCUT2D eigenvalue weighted by atomic mass is 10.0. The molecule has 136 valence electrons. The first-order valence-corrected chi connectivity index (χ1v) is 7.73. The van der Waals surface area contributed by atoms with Crippen molar-refractivity contribution in [2.75, 3.05) is 27.1 Å². The minimum atomic E-state index is -0.713. The SMILES string of the molecule is COCC(=O)OCOC(=O)COc1cccc(C(=O)c2ccccc2)c1. The second-order valence-corrected chi connectivity index (χ2v) is 5.10. The van der Waals surface area contributed by atoms with Gasteiger partial charge in [0.25, 0.3) is 0 Å². The Labute approximate surface area is 150 Å². The van der Waals surface area contributed by atoms with Crippen LogP contribution in [0.2, 0.25) is 0 Å². The first-order valence-electron chi connectivity index (χ1n) is 7.73. The normalized spacial score (nSPS) is 10.0. The highest BCUT2D eigenvalue weighted by molar-refractivity contribution is 6.09. The Bertz CT molecular complexity index is 755. The van der Waals surface area contributed by atoms with Gasteiger partial charge in [0.15, 0.2) is 12.4 Å². The van der Waals surface area contributed by atoms with E-state index in [4.69, 9.17) is 9.47 Å². The van der Waals surface area contributed by atoms with E-state index in [-0.39, 0.29) is 19.0 Å². The maximum atomic E-state index is 12.4. The Balaban J connectivity index is 1.84. The van der Waals surface area contributed by atoms with Gasteiger partial charge in [-0.1, -0.05) is 42.5 Å². The van der Waals surface area contributed by atoms with E-state index in [9.17, 15) is 14.4 Å². The summed E-state index contributed by atoms with van der Waals surface area (Å²) in [7, 11) is 1.35. The minimum absolute atomic E-state index is 0.149. The molecule has 0 spiro atoms. The number of ether oxygens (including phenoxy) is 4. The van der Waals surface area contributed by atoms with Crippen molar-refractivity contribution in [1.29, 1.82) is 0 Å². The van der Waals surface area contributed by atoms with E-state index >= 15 is 0 Å². The molecular weight excluding hydrogens is 340 g/mol. The van der Waals surface area contributed by atoms with Crippen LogP contribution in [0.25, 0.3) is 0 Å². The van der Waals surface area contributed by atoms with Crippen molar-refractivity contribution in [3.63, 3.8) is 0 Å². The first kappa shape index (κ1) is 19.1. The maximum Gasteiger partial charge on any atom is 0.347 e. The molecule has 7 heteroatoms. The second kappa shape index (κ2) is 9.95. The van der Waals surface area contributed by atoms with Crippen molar-refractivity contribution in [3.05, 3.63) is 65.7 Å². The summed E-state index contributed by atoms with van der Waals surface area (Å²) in [5, 5.41) is 0. The lowest BCUT2D eigenvalue weighted by Gasteiger charge is -2.08. The molecule has 2 aromatic carbocycles. The number of ketones is 1. The number of hydrogen-bond acceptors (Lipinski definition) is 7. The van der Waals surface area contributed by atoms with E-state index in [1.54, 1.807) is 48.5 Å². The molecule has 0 saturated carbocycles. The van der Waals surface area contributed by atoms with Crippen LogP contribution in [0.1, 0.15) is 15.9 Å². The Morgan fingerprint density at radius 2 is 1.46 bits per heavy atom. The van der Waals surface area contributed by atoms with Crippen LogP contribution in [0.5, 0.6) is 5.75 Å². The van der Waals surface area contributed by atoms with Gasteiger partial charge in [-0.25, -0.2) is 9.59 Å². The molecule has 0 saturated heterocycles. The Morgan fingerprint density at radius 3 is 2.15 bits per heavy atom. The molecule has 0 aliphatic carbocycles. The molecule has 0 heterocycles. The molecule has 0 atom stereocenters. The predicted octanol–water partition coefficient (Wildman–Crippen LogP) is 1.99. The average Bonchev–Trinajstić information content (AvgIpc) is 2.67. The van der Waals surface area contributed by atoms with Crippen molar-refractivity contribution in [2.45, 2.75) is 0 Å². The van der Waals surface area contributed by atoms with Crippen LogP contribution in [0.3, 0.4) is 0 Å². The van der Waals surface area contributed by atoms with Crippen LogP contribution in [0.15, 0.2) is 54.6 Å². The number of esters is 2. The van der Waals surface area contributed by atoms with Gasteiger partial charge in [0.1, 0.15) is 12.4 Å². The molecule has 0 aromatic heterocycles. The third-order valence-corrected chi connectivity index (χ3v) is 3.19. The molecule has 26 heavy (non-hydrogen) atoms. The molecule has 0 bridgehead atoms. The summed E-state index contributed by atoms with van der Waals surface area (Å²) in [5.41, 5.74) is 0.998. The van der Waals surface area contributed by atoms with E-state index in [1.165, 1.54) is 7.11 Å². The molecule has 0 radical (unpaired) electrons. The predicted molar refractivity (Wildman–Crippen MR) is 90.7 cm³/mol. The zero-order valence-electron chi connectivity index (χ0n) is 14.2. The molecule has 0 amide bonds. The third-order valence-electron chi connectivity index (χ3n) is 3.19. The molecule has 0 unspecified atom stereocenters. The van der Waals surface area contributed by atoms with E-state index in [0.29, 0.717) is 16.9 Å². The Kier molecular flexibility index (Phi) is 7.32. The molecule has 7 nitrogen and oxygen atoms in total. The van der Waals surface area contributed by atoms with Gasteiger partial charge in [-0.15, -0.1) is 0 Å². The Morgan fingerprint density at radius 1 is 0.808 bits per heavy atom. The van der Waals surface area contributed by atoms with Crippen LogP contribution < -0.4 is 4.74 Å². The van der Waals surface area contributed by atoms with Crippen LogP contribution in [-0.4, -0.2) is 44.8 Å². The standard InChI is InChI=1S/C19H18O7/c1-23-11-17(20)25-13-26-18(21)12-24-16-9-5-8-15(10-16)19(22)14-6-3-2-4-7-14/h2-10H,11-13H2,1H3. The monoisotopic (exact) mass is 358 g/mol. The van der Waals surface area contributed by atoms with Gasteiger partial charge in [-0.05, 0) is 12.1 Å². The topological polar surface area (TPSA) is 88.1 Å². The van der Waals surface area contributed by atoms with Gasteiger partial charge >= 0.3 is 11.9 Å². The summed E-state index contributed by atoms with van der Waals surface area (Å²) in [5.74, 6) is -1.16. The second-order valence-electron chi connectivity index (χ2n) is 5.10. The van der Waals surface area contributed by atoms with E-state index in [2.05, 4.69) is 9.47 Å². The quantitative estimate of drug-likeness (QED) is 0.385. The van der Waals surface area contributed by atoms with Crippen molar-refractivity contribution in [2.24, 2.45) is 0 Å². The van der Waals surface area contributed by atoms with Crippen LogP contribution >= 0.6 is 0 Å². The summed E-state index contributed by atoms with van der Waals surface area (Å²) < 4.78 is 19.2. The minimum Gasteiger partial charge on any atom is -0.482 e. The number of carbonyl (C=O) groups excluding carboxylic acids is 3. The molecule has 0 N–H and O–H groups in total. The van der Waals surface area contributed by atoms with Crippen LogP contribution in [-0.2, 0) is 23.8 Å². The summed E-state index contributed by atoms with van der Waals surface area (Å²) in [6, 6.07) is 15.3. The average molecular weight is 358 g/mol. The lowest BCUT2D eigenvalue weighted by Crippen LogP contribution is -2.19. The van der Waals surface area contributed by atoms with Gasteiger partial charge in [-0.3, -0.25) is 4.79 Å². The van der Waals surface area contributed by atoms with Crippen molar-refractivity contribution < 1.29 is 33.3 Å². The van der Waals surface area contributed by atoms with E-state index in [1.807, 2.05) is 6.07 Å². The highest BCUT2D eigenvalue weighted by atomic mass is 16.7. The van der Waals surface area contributed by atoms with Crippen LogP contribution in [0.4, 0.5) is 0 Å². The van der Waals surface area contributed by atoms with Crippen molar-refractivity contribution in [1.82, 2.24) is 0 Å². The molecule has 0 aliphatic rings. The third kappa shape index (κ3) is 6.03. The number of hydrogen-bond donors (Lipinski definition) is 0. The zero-order valence-corrected chi connectivity index (χ0v) is 14.2. The fourth-order valence-electron chi connectivity index (χ4n) is 1.99. The molecule has 0 aliphatic heterocycles. The summed E-state index contributed by atoms with van der Waals surface area (Å²) >= 11 is 0. The number of rotatable bonds is 9. The van der Waals surface area contributed by atoms with Gasteiger partial charge in [-0.2, -0.15) is 0 Å². The van der Waals surface area contributed by atoms with Gasteiger partial charge in [0.05, 0.1) is 0 Å². The van der Waals surface area contributed by atoms with Crippen molar-refractivity contribution >= 4 is 17.7 Å². The molecular formula is C19H18O7. The highest BCUT2D eigenvalue weighted by Crippen LogP contribution is 2.16. The lowest BCUT2D eigenvalue weighted by molar-refractivity contribution is -0.170. The van der Waals surface area contributed by atoms with Gasteiger partial charge < -0.3 is 18.9 Å². The van der Waals surface area contributed by atoms with Crippen LogP contribution in [0, 0.1) is 0 Å². The number of carbonyl (C=O) groups is 3. The summed E-state index contributed by atoms with van der Waals surface area (Å²) in [6.45, 7) is -1.13. The summed E-state index contributed by atoms with van der Waals surface area (Å²) in [4.78, 5) is 35.0. The summed E-state index contributed by atoms with van der Waals surface area (Å²) in [6.07, 6.45) is 0.